The zero-order valence-electron chi connectivity index (χ0n) is 11.8. The van der Waals surface area contributed by atoms with E-state index in [2.05, 4.69) is 26.6 Å². The molecule has 0 aliphatic carbocycles. The number of hydrogen-bond donors (Lipinski definition) is 2. The minimum Gasteiger partial charge on any atom is -0.436 e. The van der Waals surface area contributed by atoms with E-state index in [1.54, 1.807) is 7.11 Å². The Labute approximate surface area is 107 Å². The van der Waals surface area contributed by atoms with Crippen LogP contribution < -0.4 is 0 Å². The molecule has 0 heterocycles. The van der Waals surface area contributed by atoms with Crippen molar-refractivity contribution in [3.63, 3.8) is 0 Å². The molecule has 0 bridgehead atoms. The second-order valence-corrected chi connectivity index (χ2v) is 13.7. The normalized spacial score (nSPS) is 17.8. The number of unbranched alkanes of at least 4 members (excludes halogenated alkanes) is 1. The molecule has 17 heavy (non-hydrogen) atoms. The van der Waals surface area contributed by atoms with Crippen LogP contribution in [0.25, 0.3) is 0 Å². The van der Waals surface area contributed by atoms with E-state index in [1.165, 1.54) is 0 Å². The van der Waals surface area contributed by atoms with Gasteiger partial charge in [0.1, 0.15) is 0 Å². The zero-order chi connectivity index (χ0) is 13.5. The summed E-state index contributed by atoms with van der Waals surface area (Å²) < 4.78 is 11.9. The molecule has 0 spiro atoms. The molecule has 0 fully saturated rings. The maximum Gasteiger partial charge on any atom is 0.330 e. The van der Waals surface area contributed by atoms with Gasteiger partial charge in [-0.3, -0.25) is 0 Å². The molecule has 0 amide bonds. The molecule has 0 radical (unpaired) electrons. The first-order valence-corrected chi connectivity index (χ1v) is 12.0. The molecule has 0 saturated carbocycles. The minimum absolute atomic E-state index is 0.223. The average molecular weight is 281 g/mol. The predicted molar refractivity (Wildman–Crippen MR) is 74.8 cm³/mol. The fourth-order valence-corrected chi connectivity index (χ4v) is 9.70. The van der Waals surface area contributed by atoms with Crippen molar-refractivity contribution in [1.82, 2.24) is 0 Å². The summed E-state index contributed by atoms with van der Waals surface area (Å²) in [6.45, 7) is 8.30. The van der Waals surface area contributed by atoms with Crippen LogP contribution in [0.5, 0.6) is 0 Å². The lowest BCUT2D eigenvalue weighted by Gasteiger charge is -2.36. The largest absolute Gasteiger partial charge is 0.436 e. The van der Waals surface area contributed by atoms with Gasteiger partial charge in [-0.25, -0.2) is 0 Å². The Kier molecular flexibility index (Phi) is 7.78. The molecule has 2 atom stereocenters. The van der Waals surface area contributed by atoms with Gasteiger partial charge in [-0.05, 0) is 25.7 Å². The average Bonchev–Trinajstić information content (AvgIpc) is 2.23. The first kappa shape index (κ1) is 17.3. The highest BCUT2D eigenvalue weighted by atomic mass is 28.4. The van der Waals surface area contributed by atoms with Crippen LogP contribution in [0.1, 0.15) is 19.8 Å². The van der Waals surface area contributed by atoms with E-state index >= 15 is 0 Å². The van der Waals surface area contributed by atoms with Gasteiger partial charge in [-0.1, -0.05) is 19.8 Å². The number of hydrogen-bond acceptors (Lipinski definition) is 4. The summed E-state index contributed by atoms with van der Waals surface area (Å²) >= 11 is 0. The molecule has 0 saturated heterocycles. The summed E-state index contributed by atoms with van der Waals surface area (Å²) in [5, 5.41) is 18.7. The van der Waals surface area contributed by atoms with Gasteiger partial charge in [-0.2, -0.15) is 0 Å². The molecule has 0 aliphatic rings. The summed E-state index contributed by atoms with van der Waals surface area (Å²) in [7, 11) is -2.38. The maximum absolute atomic E-state index is 9.66. The van der Waals surface area contributed by atoms with Crippen LogP contribution in [-0.4, -0.2) is 46.9 Å². The van der Waals surface area contributed by atoms with Gasteiger partial charge in [0.05, 0.1) is 12.7 Å². The summed E-state index contributed by atoms with van der Waals surface area (Å²) in [6, 6.07) is 1.35. The molecule has 0 aromatic carbocycles. The third-order valence-electron chi connectivity index (χ3n) is 2.53. The highest BCUT2D eigenvalue weighted by molar-refractivity contribution is 6.82. The number of aliphatic hydroxyl groups excluding tert-OH is 2. The molecule has 2 N–H and O–H groups in total. The van der Waals surface area contributed by atoms with Crippen molar-refractivity contribution < 1.29 is 18.8 Å². The fraction of sp³-hybridized carbons (Fsp3) is 1.00. The van der Waals surface area contributed by atoms with Gasteiger partial charge >= 0.3 is 8.56 Å². The Balaban J connectivity index is 4.73. The summed E-state index contributed by atoms with van der Waals surface area (Å²) in [6.07, 6.45) is 1.40. The number of rotatable bonds is 9. The fourth-order valence-electron chi connectivity index (χ4n) is 1.85. The van der Waals surface area contributed by atoms with Gasteiger partial charge in [-0.15, -0.1) is 0 Å². The van der Waals surface area contributed by atoms with Crippen molar-refractivity contribution >= 4 is 16.9 Å². The molecule has 4 nitrogen and oxygen atoms in total. The molecule has 0 aromatic heterocycles. The van der Waals surface area contributed by atoms with Crippen LogP contribution in [0, 0.1) is 0 Å². The summed E-state index contributed by atoms with van der Waals surface area (Å²) in [4.78, 5) is 0. The van der Waals surface area contributed by atoms with Gasteiger partial charge in [0, 0.05) is 13.2 Å². The van der Waals surface area contributed by atoms with E-state index in [-0.39, 0.29) is 6.61 Å². The van der Waals surface area contributed by atoms with Crippen molar-refractivity contribution in [2.75, 3.05) is 13.7 Å². The van der Waals surface area contributed by atoms with Gasteiger partial charge in [0.15, 0.2) is 8.32 Å². The van der Waals surface area contributed by atoms with Gasteiger partial charge in [0.25, 0.3) is 0 Å². The first-order chi connectivity index (χ1) is 7.78. The van der Waals surface area contributed by atoms with Crippen LogP contribution in [0.3, 0.4) is 0 Å². The van der Waals surface area contributed by atoms with E-state index in [1.807, 2.05) is 0 Å². The lowest BCUT2D eigenvalue weighted by Crippen LogP contribution is -2.51. The van der Waals surface area contributed by atoms with Crippen LogP contribution in [0.4, 0.5) is 0 Å². The number of aliphatic hydroxyl groups is 2. The van der Waals surface area contributed by atoms with Crippen molar-refractivity contribution in [3.05, 3.63) is 0 Å². The monoisotopic (exact) mass is 280 g/mol. The Bertz CT molecular complexity index is 208. The molecular formula is C11H28O4Si2. The van der Waals surface area contributed by atoms with Crippen molar-refractivity contribution in [1.29, 1.82) is 0 Å². The lowest BCUT2D eigenvalue weighted by atomic mass is 10.4. The molecule has 104 valence electrons. The third kappa shape index (κ3) is 7.33. The SMILES string of the molecule is CCCC[Si](CC(O)CO)(OC)O[Si](C)(C)C. The van der Waals surface area contributed by atoms with Crippen molar-refractivity contribution in [3.8, 4) is 0 Å². The van der Waals surface area contributed by atoms with Gasteiger partial charge < -0.3 is 18.8 Å². The molecule has 2 unspecified atom stereocenters. The van der Waals surface area contributed by atoms with E-state index in [9.17, 15) is 5.11 Å². The Morgan fingerprint density at radius 1 is 1.24 bits per heavy atom. The Morgan fingerprint density at radius 2 is 1.82 bits per heavy atom. The van der Waals surface area contributed by atoms with Gasteiger partial charge in [0.2, 0.25) is 0 Å². The molecule has 0 rings (SSSR count). The second kappa shape index (κ2) is 7.65. The smallest absolute Gasteiger partial charge is 0.330 e. The third-order valence-corrected chi connectivity index (χ3v) is 9.42. The summed E-state index contributed by atoms with van der Waals surface area (Å²) in [5.41, 5.74) is 0. The molecule has 6 heteroatoms. The van der Waals surface area contributed by atoms with Crippen LogP contribution in [-0.2, 0) is 8.54 Å². The highest BCUT2D eigenvalue weighted by Crippen LogP contribution is 2.27. The van der Waals surface area contributed by atoms with E-state index in [0.717, 1.165) is 18.9 Å². The second-order valence-electron chi connectivity index (χ2n) is 5.47. The predicted octanol–water partition coefficient (Wildman–Crippen LogP) is 2.08. The molecule has 0 aliphatic heterocycles. The zero-order valence-corrected chi connectivity index (χ0v) is 13.8. The van der Waals surface area contributed by atoms with Crippen LogP contribution >= 0.6 is 0 Å². The topological polar surface area (TPSA) is 58.9 Å². The minimum atomic E-state index is -2.36. The molecule has 0 aromatic rings. The Morgan fingerprint density at radius 3 is 2.18 bits per heavy atom. The first-order valence-electron chi connectivity index (χ1n) is 6.33. The molecular weight excluding hydrogens is 252 g/mol. The van der Waals surface area contributed by atoms with E-state index < -0.39 is 23.0 Å². The standard InChI is InChI=1S/C11H28O4Si2/c1-6-7-8-17(14-2,10-11(13)9-12)15-16(3,4)5/h11-13H,6-10H2,1-5H3. The van der Waals surface area contributed by atoms with Crippen LogP contribution in [0.2, 0.25) is 31.7 Å². The van der Waals surface area contributed by atoms with Crippen molar-refractivity contribution in [2.45, 2.75) is 57.6 Å². The van der Waals surface area contributed by atoms with Crippen LogP contribution in [0.15, 0.2) is 0 Å². The Hall–Kier alpha value is 0.274. The lowest BCUT2D eigenvalue weighted by molar-refractivity contribution is 0.0998. The van der Waals surface area contributed by atoms with E-state index in [4.69, 9.17) is 13.6 Å². The quantitative estimate of drug-likeness (QED) is 0.635. The van der Waals surface area contributed by atoms with Crippen molar-refractivity contribution in [2.24, 2.45) is 0 Å². The summed E-state index contributed by atoms with van der Waals surface area (Å²) in [5.74, 6) is 0. The highest BCUT2D eigenvalue weighted by Gasteiger charge is 2.41. The van der Waals surface area contributed by atoms with E-state index in [0.29, 0.717) is 6.04 Å². The maximum atomic E-state index is 9.66.